The number of pyridine rings is 1. The molecule has 0 unspecified atom stereocenters. The molecule has 2 fully saturated rings. The van der Waals surface area contributed by atoms with E-state index in [1.165, 1.54) is 32.4 Å². The number of carbonyl (C=O) groups excluding carboxylic acids is 1. The maximum atomic E-state index is 13.5. The van der Waals surface area contributed by atoms with Crippen LogP contribution in [0.15, 0.2) is 53.5 Å². The normalized spacial score (nSPS) is 17.4. The number of piperidine rings is 2. The topological polar surface area (TPSA) is 83.4 Å². The highest BCUT2D eigenvalue weighted by molar-refractivity contribution is 5.79. The third-order valence-corrected chi connectivity index (χ3v) is 7.43. The van der Waals surface area contributed by atoms with Crippen molar-refractivity contribution in [3.05, 3.63) is 64.6 Å². The number of nitrogens with one attached hydrogen (secondary N) is 1. The van der Waals surface area contributed by atoms with Crippen molar-refractivity contribution in [2.45, 2.75) is 45.1 Å². The number of fused-ring (bicyclic) bond motifs is 1. The number of nitrogens with zero attached hydrogens (tertiary/aromatic N) is 5. The summed E-state index contributed by atoms with van der Waals surface area (Å²) in [5.74, 6) is 0.585. The minimum absolute atomic E-state index is 0.00935. The molecule has 0 radical (unpaired) electrons. The molecular weight excluding hydrogens is 452 g/mol. The first-order valence-corrected chi connectivity index (χ1v) is 13.3. The van der Waals surface area contributed by atoms with Crippen LogP contribution in [0.1, 0.15) is 44.1 Å². The molecule has 0 atom stereocenters. The number of likely N-dealkylation sites (tertiary alicyclic amines) is 1. The van der Waals surface area contributed by atoms with E-state index in [-0.39, 0.29) is 17.4 Å². The van der Waals surface area contributed by atoms with Gasteiger partial charge in [-0.05, 0) is 69.4 Å². The molecule has 190 valence electrons. The predicted octanol–water partition coefficient (Wildman–Crippen LogP) is 3.05. The summed E-state index contributed by atoms with van der Waals surface area (Å²) in [4.78, 5) is 40.0. The standard InChI is InChI=1S/C28H36N6O2/c35-27(30-15-8-18-32-16-5-2-6-17-32)23-12-19-33(20-13-23)26-28(36)34(21-22-9-3-1-4-10-22)25-24(31-26)11-7-14-29-25/h1,3-4,7,9-11,14,23H,2,5-6,8,12-13,15-21H2,(H,30,35). The Morgan fingerprint density at radius 2 is 1.75 bits per heavy atom. The zero-order valence-electron chi connectivity index (χ0n) is 20.9. The van der Waals surface area contributed by atoms with E-state index in [9.17, 15) is 9.59 Å². The van der Waals surface area contributed by atoms with E-state index >= 15 is 0 Å². The van der Waals surface area contributed by atoms with Crippen LogP contribution in [0.3, 0.4) is 0 Å². The molecule has 0 spiro atoms. The van der Waals surface area contributed by atoms with E-state index in [2.05, 4.69) is 15.2 Å². The number of anilines is 1. The molecule has 0 bridgehead atoms. The number of hydrogen-bond acceptors (Lipinski definition) is 6. The van der Waals surface area contributed by atoms with E-state index in [0.717, 1.165) is 37.9 Å². The van der Waals surface area contributed by atoms with Gasteiger partial charge in [-0.15, -0.1) is 0 Å². The van der Waals surface area contributed by atoms with Gasteiger partial charge in [0, 0.05) is 31.7 Å². The van der Waals surface area contributed by atoms with E-state index in [0.29, 0.717) is 36.6 Å². The van der Waals surface area contributed by atoms with Crippen LogP contribution in [0.5, 0.6) is 0 Å². The summed E-state index contributed by atoms with van der Waals surface area (Å²) in [7, 11) is 0. The monoisotopic (exact) mass is 488 g/mol. The smallest absolute Gasteiger partial charge is 0.295 e. The van der Waals surface area contributed by atoms with Crippen molar-refractivity contribution >= 4 is 22.9 Å². The summed E-state index contributed by atoms with van der Waals surface area (Å²) in [5, 5.41) is 3.14. The molecule has 4 heterocycles. The highest BCUT2D eigenvalue weighted by Gasteiger charge is 2.27. The quantitative estimate of drug-likeness (QED) is 0.491. The van der Waals surface area contributed by atoms with E-state index in [1.807, 2.05) is 47.4 Å². The number of carbonyl (C=O) groups is 1. The van der Waals surface area contributed by atoms with Crippen LogP contribution >= 0.6 is 0 Å². The zero-order chi connectivity index (χ0) is 24.7. The molecule has 36 heavy (non-hydrogen) atoms. The molecule has 3 aromatic rings. The van der Waals surface area contributed by atoms with Crippen molar-refractivity contribution in [1.82, 2.24) is 24.8 Å². The van der Waals surface area contributed by atoms with Gasteiger partial charge in [0.15, 0.2) is 11.5 Å². The third kappa shape index (κ3) is 5.75. The number of amides is 1. The minimum Gasteiger partial charge on any atom is -0.356 e. The Balaban J connectivity index is 1.21. The average Bonchev–Trinajstić information content (AvgIpc) is 2.93. The highest BCUT2D eigenvalue weighted by Crippen LogP contribution is 2.22. The third-order valence-electron chi connectivity index (χ3n) is 7.43. The second-order valence-corrected chi connectivity index (χ2v) is 9.97. The Bertz CT molecular complexity index is 1210. The Labute approximate surface area is 212 Å². The molecule has 1 amide bonds. The van der Waals surface area contributed by atoms with Crippen LogP contribution in [0.4, 0.5) is 5.82 Å². The van der Waals surface area contributed by atoms with Crippen LogP contribution in [0.2, 0.25) is 0 Å². The van der Waals surface area contributed by atoms with Crippen LogP contribution in [0.25, 0.3) is 11.2 Å². The Hall–Kier alpha value is -3.26. The molecule has 1 N–H and O–H groups in total. The van der Waals surface area contributed by atoms with Gasteiger partial charge in [0.05, 0.1) is 6.54 Å². The second kappa shape index (κ2) is 11.6. The first-order valence-electron chi connectivity index (χ1n) is 13.3. The largest absolute Gasteiger partial charge is 0.356 e. The molecule has 2 aliphatic heterocycles. The van der Waals surface area contributed by atoms with E-state index < -0.39 is 0 Å². The number of benzene rings is 1. The van der Waals surface area contributed by atoms with Gasteiger partial charge in [-0.3, -0.25) is 14.2 Å². The SMILES string of the molecule is O=C(NCCCN1CCCCC1)C1CCN(c2nc3cccnc3n(Cc3ccccc3)c2=O)CC1. The lowest BCUT2D eigenvalue weighted by Gasteiger charge is -2.32. The van der Waals surface area contributed by atoms with Crippen LogP contribution in [-0.4, -0.2) is 64.6 Å². The lowest BCUT2D eigenvalue weighted by Crippen LogP contribution is -2.43. The summed E-state index contributed by atoms with van der Waals surface area (Å²) in [6.07, 6.45) is 8.08. The summed E-state index contributed by atoms with van der Waals surface area (Å²) < 4.78 is 1.72. The average molecular weight is 489 g/mol. The molecule has 1 aromatic carbocycles. The van der Waals surface area contributed by atoms with Gasteiger partial charge in [-0.2, -0.15) is 0 Å². The fourth-order valence-electron chi connectivity index (χ4n) is 5.38. The lowest BCUT2D eigenvalue weighted by atomic mass is 9.96. The van der Waals surface area contributed by atoms with Gasteiger partial charge < -0.3 is 15.1 Å². The van der Waals surface area contributed by atoms with Crippen LogP contribution in [-0.2, 0) is 11.3 Å². The van der Waals surface area contributed by atoms with Crippen molar-refractivity contribution in [2.24, 2.45) is 5.92 Å². The summed E-state index contributed by atoms with van der Waals surface area (Å²) in [6.45, 7) is 5.92. The van der Waals surface area contributed by atoms with Gasteiger partial charge in [-0.1, -0.05) is 36.8 Å². The predicted molar refractivity (Wildman–Crippen MR) is 142 cm³/mol. The molecule has 2 aromatic heterocycles. The van der Waals surface area contributed by atoms with Gasteiger partial charge in [-0.25, -0.2) is 9.97 Å². The molecular formula is C28H36N6O2. The minimum atomic E-state index is -0.134. The summed E-state index contributed by atoms with van der Waals surface area (Å²) in [6, 6.07) is 13.7. The molecule has 2 aliphatic rings. The molecule has 5 rings (SSSR count). The van der Waals surface area contributed by atoms with Crippen molar-refractivity contribution < 1.29 is 4.79 Å². The molecule has 2 saturated heterocycles. The fourth-order valence-corrected chi connectivity index (χ4v) is 5.38. The lowest BCUT2D eigenvalue weighted by molar-refractivity contribution is -0.125. The number of aromatic nitrogens is 3. The molecule has 8 heteroatoms. The maximum absolute atomic E-state index is 13.5. The summed E-state index contributed by atoms with van der Waals surface area (Å²) >= 11 is 0. The number of hydrogen-bond donors (Lipinski definition) is 1. The fraction of sp³-hybridized carbons (Fsp3) is 0.500. The van der Waals surface area contributed by atoms with Gasteiger partial charge >= 0.3 is 0 Å². The highest BCUT2D eigenvalue weighted by atomic mass is 16.2. The van der Waals surface area contributed by atoms with E-state index in [4.69, 9.17) is 4.98 Å². The first kappa shape index (κ1) is 24.4. The summed E-state index contributed by atoms with van der Waals surface area (Å²) in [5.41, 5.74) is 2.20. The van der Waals surface area contributed by atoms with Gasteiger partial charge in [0.1, 0.15) is 5.52 Å². The van der Waals surface area contributed by atoms with Crippen molar-refractivity contribution in [1.29, 1.82) is 0 Å². The van der Waals surface area contributed by atoms with E-state index in [1.54, 1.807) is 10.8 Å². The van der Waals surface area contributed by atoms with Crippen molar-refractivity contribution in [3.63, 3.8) is 0 Å². The Morgan fingerprint density at radius 3 is 2.53 bits per heavy atom. The Morgan fingerprint density at radius 1 is 0.972 bits per heavy atom. The molecule has 8 nitrogen and oxygen atoms in total. The number of rotatable bonds is 8. The first-order chi connectivity index (χ1) is 17.7. The van der Waals surface area contributed by atoms with Crippen LogP contribution < -0.4 is 15.8 Å². The molecule has 0 aliphatic carbocycles. The second-order valence-electron chi connectivity index (χ2n) is 9.97. The van der Waals surface area contributed by atoms with Crippen LogP contribution in [0, 0.1) is 5.92 Å². The van der Waals surface area contributed by atoms with Crippen molar-refractivity contribution in [2.75, 3.05) is 44.2 Å². The molecule has 0 saturated carbocycles. The van der Waals surface area contributed by atoms with Crippen molar-refractivity contribution in [3.8, 4) is 0 Å². The maximum Gasteiger partial charge on any atom is 0.295 e. The Kier molecular flexibility index (Phi) is 7.91. The van der Waals surface area contributed by atoms with Gasteiger partial charge in [0.25, 0.3) is 5.56 Å². The van der Waals surface area contributed by atoms with Gasteiger partial charge in [0.2, 0.25) is 5.91 Å². The zero-order valence-corrected chi connectivity index (χ0v) is 20.9.